The minimum Gasteiger partial charge on any atom is -0.494 e. The van der Waals surface area contributed by atoms with E-state index in [-0.39, 0.29) is 12.4 Å². The van der Waals surface area contributed by atoms with Gasteiger partial charge in [-0.2, -0.15) is 0 Å². The smallest absolute Gasteiger partial charge is 0.119 e. The molecule has 3 nitrogen and oxygen atoms in total. The fourth-order valence-electron chi connectivity index (χ4n) is 2.70. The quantitative estimate of drug-likeness (QED) is 0.877. The van der Waals surface area contributed by atoms with Crippen molar-refractivity contribution in [3.8, 4) is 5.75 Å². The van der Waals surface area contributed by atoms with Gasteiger partial charge >= 0.3 is 0 Å². The van der Waals surface area contributed by atoms with E-state index in [9.17, 15) is 0 Å². The van der Waals surface area contributed by atoms with Gasteiger partial charge in [-0.1, -0.05) is 19.1 Å². The first-order valence-corrected chi connectivity index (χ1v) is 7.46. The molecule has 2 N–H and O–H groups in total. The van der Waals surface area contributed by atoms with E-state index in [4.69, 9.17) is 10.5 Å². The summed E-state index contributed by atoms with van der Waals surface area (Å²) >= 11 is 0. The second-order valence-electron chi connectivity index (χ2n) is 5.47. The van der Waals surface area contributed by atoms with Gasteiger partial charge in [0, 0.05) is 13.1 Å². The highest BCUT2D eigenvalue weighted by Crippen LogP contribution is 2.20. The normalized spacial score (nSPS) is 19.4. The van der Waals surface area contributed by atoms with Crippen molar-refractivity contribution in [2.75, 3.05) is 26.2 Å². The number of likely N-dealkylation sites (tertiary alicyclic amines) is 1. The van der Waals surface area contributed by atoms with Crippen molar-refractivity contribution < 1.29 is 4.74 Å². The molecule has 2 rings (SSSR count). The Morgan fingerprint density at radius 2 is 2.25 bits per heavy atom. The Labute approximate surface area is 128 Å². The summed E-state index contributed by atoms with van der Waals surface area (Å²) in [7, 11) is 0. The molecular weight excluding hydrogens is 272 g/mol. The molecule has 0 aromatic heterocycles. The van der Waals surface area contributed by atoms with Gasteiger partial charge in [0.15, 0.2) is 0 Å². The lowest BCUT2D eigenvalue weighted by molar-refractivity contribution is 0.171. The number of hydrogen-bond donors (Lipinski definition) is 1. The van der Waals surface area contributed by atoms with Gasteiger partial charge < -0.3 is 10.5 Å². The summed E-state index contributed by atoms with van der Waals surface area (Å²) in [5, 5.41) is 0. The lowest BCUT2D eigenvalue weighted by Gasteiger charge is -2.32. The van der Waals surface area contributed by atoms with E-state index in [1.165, 1.54) is 24.9 Å². The van der Waals surface area contributed by atoms with Crippen LogP contribution in [0.5, 0.6) is 5.75 Å². The van der Waals surface area contributed by atoms with Gasteiger partial charge in [0.1, 0.15) is 5.75 Å². The van der Waals surface area contributed by atoms with Crippen LogP contribution in [-0.4, -0.2) is 31.1 Å². The number of ether oxygens (including phenoxy) is 1. The van der Waals surface area contributed by atoms with Crippen LogP contribution in [0.15, 0.2) is 24.3 Å². The van der Waals surface area contributed by atoms with Crippen molar-refractivity contribution in [2.45, 2.75) is 32.7 Å². The van der Waals surface area contributed by atoms with Crippen molar-refractivity contribution in [1.29, 1.82) is 0 Å². The number of benzene rings is 1. The molecule has 0 saturated carbocycles. The van der Waals surface area contributed by atoms with Crippen molar-refractivity contribution in [3.05, 3.63) is 29.8 Å². The molecule has 0 spiro atoms. The number of rotatable bonds is 6. The first kappa shape index (κ1) is 17.3. The Morgan fingerprint density at radius 3 is 3.00 bits per heavy atom. The highest BCUT2D eigenvalue weighted by atomic mass is 35.5. The minimum atomic E-state index is 0. The minimum absolute atomic E-state index is 0. The third kappa shape index (κ3) is 5.31. The maximum absolute atomic E-state index is 5.79. The summed E-state index contributed by atoms with van der Waals surface area (Å²) in [5.41, 5.74) is 7.13. The van der Waals surface area contributed by atoms with Gasteiger partial charge in [0.05, 0.1) is 6.61 Å². The molecule has 20 heavy (non-hydrogen) atoms. The van der Waals surface area contributed by atoms with Gasteiger partial charge in [-0.25, -0.2) is 0 Å². The maximum Gasteiger partial charge on any atom is 0.119 e. The topological polar surface area (TPSA) is 38.5 Å². The second kappa shape index (κ2) is 9.22. The van der Waals surface area contributed by atoms with Crippen LogP contribution in [-0.2, 0) is 6.54 Å². The number of hydrogen-bond acceptors (Lipinski definition) is 3. The molecule has 114 valence electrons. The van der Waals surface area contributed by atoms with E-state index in [1.807, 2.05) is 6.07 Å². The summed E-state index contributed by atoms with van der Waals surface area (Å²) in [6.45, 7) is 7.08. The van der Waals surface area contributed by atoms with Crippen LogP contribution in [0.4, 0.5) is 0 Å². The van der Waals surface area contributed by atoms with Crippen LogP contribution in [0.1, 0.15) is 31.7 Å². The molecule has 1 fully saturated rings. The van der Waals surface area contributed by atoms with E-state index in [0.717, 1.165) is 38.4 Å². The van der Waals surface area contributed by atoms with Gasteiger partial charge in [0.25, 0.3) is 0 Å². The molecule has 1 unspecified atom stereocenters. The van der Waals surface area contributed by atoms with E-state index >= 15 is 0 Å². The van der Waals surface area contributed by atoms with Crippen molar-refractivity contribution in [3.63, 3.8) is 0 Å². The van der Waals surface area contributed by atoms with Crippen LogP contribution in [0.25, 0.3) is 0 Å². The average molecular weight is 299 g/mol. The van der Waals surface area contributed by atoms with Gasteiger partial charge in [0.2, 0.25) is 0 Å². The molecule has 0 amide bonds. The molecule has 0 aliphatic carbocycles. The highest BCUT2D eigenvalue weighted by Gasteiger charge is 2.18. The van der Waals surface area contributed by atoms with Crippen LogP contribution in [0.2, 0.25) is 0 Å². The number of halogens is 1. The molecule has 0 bridgehead atoms. The molecule has 1 saturated heterocycles. The lowest BCUT2D eigenvalue weighted by Crippen LogP contribution is -2.37. The van der Waals surface area contributed by atoms with E-state index < -0.39 is 0 Å². The predicted molar refractivity (Wildman–Crippen MR) is 86.5 cm³/mol. The summed E-state index contributed by atoms with van der Waals surface area (Å²) in [6, 6.07) is 8.48. The lowest BCUT2D eigenvalue weighted by atomic mass is 9.98. The largest absolute Gasteiger partial charge is 0.494 e. The number of piperidine rings is 1. The fourth-order valence-corrected chi connectivity index (χ4v) is 2.70. The summed E-state index contributed by atoms with van der Waals surface area (Å²) in [6.07, 6.45) is 3.61. The summed E-state index contributed by atoms with van der Waals surface area (Å²) in [5.74, 6) is 1.67. The Morgan fingerprint density at radius 1 is 1.40 bits per heavy atom. The molecule has 4 heteroatoms. The summed E-state index contributed by atoms with van der Waals surface area (Å²) in [4.78, 5) is 2.51. The van der Waals surface area contributed by atoms with E-state index in [2.05, 4.69) is 30.0 Å². The zero-order valence-electron chi connectivity index (χ0n) is 12.4. The Balaban J connectivity index is 0.00000200. The Bertz CT molecular complexity index is 386. The van der Waals surface area contributed by atoms with Gasteiger partial charge in [-0.3, -0.25) is 4.90 Å². The van der Waals surface area contributed by atoms with Crippen LogP contribution in [0, 0.1) is 5.92 Å². The standard InChI is InChI=1S/C16H26N2O.ClH/c1-2-9-19-16-7-3-5-14(10-16)12-18-8-4-6-15(11-17)13-18;/h3,5,7,10,15H,2,4,6,8-9,11-13,17H2,1H3;1H. The molecular formula is C16H27ClN2O. The number of nitrogens with two attached hydrogens (primary N) is 1. The molecule has 1 aromatic rings. The first-order valence-electron chi connectivity index (χ1n) is 7.46. The van der Waals surface area contributed by atoms with Crippen LogP contribution in [0.3, 0.4) is 0 Å². The van der Waals surface area contributed by atoms with E-state index in [1.54, 1.807) is 0 Å². The molecule has 1 aliphatic rings. The Hall–Kier alpha value is -0.770. The Kier molecular flexibility index (Phi) is 7.97. The molecule has 1 atom stereocenters. The summed E-state index contributed by atoms with van der Waals surface area (Å²) < 4.78 is 5.69. The monoisotopic (exact) mass is 298 g/mol. The molecule has 0 radical (unpaired) electrons. The van der Waals surface area contributed by atoms with Gasteiger partial charge in [-0.15, -0.1) is 12.4 Å². The average Bonchev–Trinajstić information content (AvgIpc) is 2.46. The number of nitrogens with zero attached hydrogens (tertiary/aromatic N) is 1. The van der Waals surface area contributed by atoms with Gasteiger partial charge in [-0.05, 0) is 56.0 Å². The maximum atomic E-state index is 5.79. The van der Waals surface area contributed by atoms with Crippen molar-refractivity contribution in [2.24, 2.45) is 11.7 Å². The fraction of sp³-hybridized carbons (Fsp3) is 0.625. The molecule has 1 aromatic carbocycles. The van der Waals surface area contributed by atoms with Crippen molar-refractivity contribution >= 4 is 12.4 Å². The zero-order chi connectivity index (χ0) is 13.5. The van der Waals surface area contributed by atoms with Crippen molar-refractivity contribution in [1.82, 2.24) is 4.90 Å². The van der Waals surface area contributed by atoms with Crippen LogP contribution >= 0.6 is 12.4 Å². The van der Waals surface area contributed by atoms with E-state index in [0.29, 0.717) is 5.92 Å². The molecule has 1 heterocycles. The molecule has 1 aliphatic heterocycles. The SMILES string of the molecule is CCCOc1cccc(CN2CCCC(CN)C2)c1.Cl. The highest BCUT2D eigenvalue weighted by molar-refractivity contribution is 5.85. The zero-order valence-corrected chi connectivity index (χ0v) is 13.2. The van der Waals surface area contributed by atoms with Crippen LogP contribution < -0.4 is 10.5 Å². The second-order valence-corrected chi connectivity index (χ2v) is 5.47. The predicted octanol–water partition coefficient (Wildman–Crippen LogP) is 3.07. The first-order chi connectivity index (χ1) is 9.31. The third-order valence-corrected chi connectivity index (χ3v) is 3.71. The third-order valence-electron chi connectivity index (χ3n) is 3.71.